The number of thioether (sulfide) groups is 1. The molecule has 0 unspecified atom stereocenters. The fraction of sp³-hybridized carbons (Fsp3) is 0.259. The van der Waals surface area contributed by atoms with Gasteiger partial charge in [-0.1, -0.05) is 60.4 Å². The second kappa shape index (κ2) is 11.4. The van der Waals surface area contributed by atoms with Crippen LogP contribution in [-0.4, -0.2) is 62.1 Å². The van der Waals surface area contributed by atoms with E-state index in [-0.39, 0.29) is 41.1 Å². The van der Waals surface area contributed by atoms with Crippen LogP contribution in [0.3, 0.4) is 0 Å². The summed E-state index contributed by atoms with van der Waals surface area (Å²) in [5.74, 6) is -1.02. The highest BCUT2D eigenvalue weighted by Gasteiger charge is 2.36. The third-order valence-corrected chi connectivity index (χ3v) is 7.73. The van der Waals surface area contributed by atoms with Gasteiger partial charge in [-0.2, -0.15) is 0 Å². The van der Waals surface area contributed by atoms with Gasteiger partial charge in [0.15, 0.2) is 0 Å². The Morgan fingerprint density at radius 1 is 1.18 bits per heavy atom. The molecule has 3 aromatic rings. The number of ether oxygens (including phenoxy) is 1. The molecule has 10 nitrogen and oxygen atoms in total. The van der Waals surface area contributed by atoms with Crippen molar-refractivity contribution in [1.82, 2.24) is 19.6 Å². The molecule has 4 heterocycles. The average Bonchev–Trinajstić information content (AvgIpc) is 3.19. The van der Waals surface area contributed by atoms with Crippen LogP contribution in [0.5, 0.6) is 0 Å². The third kappa shape index (κ3) is 5.43. The van der Waals surface area contributed by atoms with Gasteiger partial charge in [0, 0.05) is 19.3 Å². The summed E-state index contributed by atoms with van der Waals surface area (Å²) in [5, 5.41) is 2.77. The van der Waals surface area contributed by atoms with E-state index in [0.717, 1.165) is 17.3 Å². The lowest BCUT2D eigenvalue weighted by atomic mass is 10.1. The highest BCUT2D eigenvalue weighted by atomic mass is 32.2. The zero-order valence-electron chi connectivity index (χ0n) is 21.0. The Labute approximate surface area is 233 Å². The average molecular weight is 564 g/mol. The van der Waals surface area contributed by atoms with Gasteiger partial charge in [-0.25, -0.2) is 4.98 Å². The van der Waals surface area contributed by atoms with Crippen LogP contribution in [0.1, 0.15) is 24.5 Å². The first-order valence-electron chi connectivity index (χ1n) is 12.4. The van der Waals surface area contributed by atoms with Crippen molar-refractivity contribution in [2.24, 2.45) is 0 Å². The zero-order chi connectivity index (χ0) is 27.5. The van der Waals surface area contributed by atoms with Crippen LogP contribution >= 0.6 is 24.0 Å². The number of anilines is 1. The van der Waals surface area contributed by atoms with Crippen molar-refractivity contribution in [3.8, 4) is 0 Å². The predicted octanol–water partition coefficient (Wildman–Crippen LogP) is 2.35. The summed E-state index contributed by atoms with van der Waals surface area (Å²) < 4.78 is 6.84. The van der Waals surface area contributed by atoms with Crippen molar-refractivity contribution >= 4 is 63.6 Å². The molecule has 2 aliphatic rings. The highest BCUT2D eigenvalue weighted by molar-refractivity contribution is 8.26. The molecular formula is C27H25N5O5S2. The minimum atomic E-state index is -0.935. The van der Waals surface area contributed by atoms with Crippen molar-refractivity contribution in [3.05, 3.63) is 81.1 Å². The Kier molecular flexibility index (Phi) is 7.75. The van der Waals surface area contributed by atoms with Gasteiger partial charge in [0.05, 0.1) is 30.0 Å². The minimum absolute atomic E-state index is 0.127. The summed E-state index contributed by atoms with van der Waals surface area (Å²) in [6.07, 6.45) is 2.86. The molecule has 39 heavy (non-hydrogen) atoms. The van der Waals surface area contributed by atoms with E-state index in [2.05, 4.69) is 5.32 Å². The number of nitrogens with one attached hydrogen (secondary N) is 1. The van der Waals surface area contributed by atoms with E-state index in [9.17, 15) is 19.2 Å². The third-order valence-electron chi connectivity index (χ3n) is 6.35. The number of carbonyl (C=O) groups excluding carboxylic acids is 3. The fourth-order valence-corrected chi connectivity index (χ4v) is 5.76. The molecule has 0 aliphatic carbocycles. The summed E-state index contributed by atoms with van der Waals surface area (Å²) in [6.45, 7) is 2.78. The summed E-state index contributed by atoms with van der Waals surface area (Å²) >= 11 is 6.60. The molecule has 2 amide bonds. The maximum Gasteiger partial charge on any atom is 0.308 e. The Balaban J connectivity index is 1.59. The topological polar surface area (TPSA) is 113 Å². The van der Waals surface area contributed by atoms with E-state index in [1.54, 1.807) is 36.2 Å². The van der Waals surface area contributed by atoms with Crippen molar-refractivity contribution in [2.75, 3.05) is 24.6 Å². The van der Waals surface area contributed by atoms with Gasteiger partial charge in [-0.3, -0.25) is 28.5 Å². The van der Waals surface area contributed by atoms with Gasteiger partial charge in [0.25, 0.3) is 11.5 Å². The highest BCUT2D eigenvalue weighted by Crippen LogP contribution is 2.35. The van der Waals surface area contributed by atoms with Crippen LogP contribution in [0.25, 0.3) is 11.7 Å². The number of benzene rings is 1. The number of rotatable bonds is 7. The molecule has 5 rings (SSSR count). The Morgan fingerprint density at radius 3 is 2.72 bits per heavy atom. The van der Waals surface area contributed by atoms with Crippen molar-refractivity contribution in [3.63, 3.8) is 0 Å². The van der Waals surface area contributed by atoms with Crippen LogP contribution < -0.4 is 15.8 Å². The van der Waals surface area contributed by atoms with Gasteiger partial charge in [-0.05, 0) is 30.7 Å². The number of aromatic nitrogens is 2. The molecule has 2 aliphatic heterocycles. The normalized spacial score (nSPS) is 18.6. The van der Waals surface area contributed by atoms with Gasteiger partial charge < -0.3 is 15.0 Å². The summed E-state index contributed by atoms with van der Waals surface area (Å²) in [7, 11) is 0. The van der Waals surface area contributed by atoms with E-state index in [4.69, 9.17) is 21.9 Å². The number of nitrogens with zero attached hydrogens (tertiary/aromatic N) is 4. The van der Waals surface area contributed by atoms with Crippen LogP contribution in [-0.2, 0) is 25.7 Å². The first-order chi connectivity index (χ1) is 18.9. The number of thiocarbonyl (C=S) groups is 1. The first-order valence-corrected chi connectivity index (χ1v) is 13.6. The molecule has 2 saturated heterocycles. The van der Waals surface area contributed by atoms with Crippen LogP contribution in [0.4, 0.5) is 5.82 Å². The Morgan fingerprint density at radius 2 is 1.95 bits per heavy atom. The van der Waals surface area contributed by atoms with Gasteiger partial charge in [0.2, 0.25) is 5.91 Å². The zero-order valence-corrected chi connectivity index (χ0v) is 22.7. The largest absolute Gasteiger partial charge is 0.466 e. The van der Waals surface area contributed by atoms with Crippen LogP contribution in [0, 0.1) is 0 Å². The number of fused-ring (bicyclic) bond motifs is 1. The molecule has 2 fully saturated rings. The molecule has 0 saturated carbocycles. The van der Waals surface area contributed by atoms with E-state index >= 15 is 0 Å². The van der Waals surface area contributed by atoms with Gasteiger partial charge in [0.1, 0.15) is 21.8 Å². The van der Waals surface area contributed by atoms with E-state index < -0.39 is 17.6 Å². The van der Waals surface area contributed by atoms with Crippen LogP contribution in [0.2, 0.25) is 0 Å². The number of esters is 1. The molecule has 1 aromatic carbocycles. The fourth-order valence-electron chi connectivity index (χ4n) is 4.52. The quantitative estimate of drug-likeness (QED) is 0.263. The molecule has 12 heteroatoms. The molecular weight excluding hydrogens is 538 g/mol. The van der Waals surface area contributed by atoms with E-state index in [0.29, 0.717) is 29.6 Å². The number of piperazine rings is 1. The van der Waals surface area contributed by atoms with E-state index in [1.807, 2.05) is 30.3 Å². The molecule has 1 atom stereocenters. The summed E-state index contributed by atoms with van der Waals surface area (Å²) in [4.78, 5) is 60.5. The molecule has 0 spiro atoms. The predicted molar refractivity (Wildman–Crippen MR) is 152 cm³/mol. The molecule has 2 aromatic heterocycles. The number of pyridine rings is 1. The van der Waals surface area contributed by atoms with Crippen molar-refractivity contribution in [1.29, 1.82) is 0 Å². The van der Waals surface area contributed by atoms with Gasteiger partial charge >= 0.3 is 5.97 Å². The first kappa shape index (κ1) is 26.6. The number of hydrogen-bond donors (Lipinski definition) is 1. The smallest absolute Gasteiger partial charge is 0.308 e. The number of amides is 2. The van der Waals surface area contributed by atoms with Gasteiger partial charge in [-0.15, -0.1) is 0 Å². The van der Waals surface area contributed by atoms with Crippen molar-refractivity contribution < 1.29 is 19.1 Å². The lowest BCUT2D eigenvalue weighted by Crippen LogP contribution is -2.57. The number of hydrogen-bond acceptors (Lipinski definition) is 9. The molecule has 1 N–H and O–H groups in total. The van der Waals surface area contributed by atoms with E-state index in [1.165, 1.54) is 15.4 Å². The van der Waals surface area contributed by atoms with Crippen molar-refractivity contribution in [2.45, 2.75) is 25.9 Å². The second-order valence-corrected chi connectivity index (χ2v) is 10.5. The molecule has 0 bridgehead atoms. The standard InChI is InChI=1S/C27H25N5O5S2/c1-2-37-22(33)15-19-24(34)28-11-13-30(19)23-18(25(35)31-12-7-6-10-21(31)29-23)14-20-26(36)32(27(38)39-20)16-17-8-4-3-5-9-17/h3-10,12,14,19H,2,11,13,15-16H2,1H3,(H,28,34)/b20-14+/t19-/m0/s1. The lowest BCUT2D eigenvalue weighted by Gasteiger charge is -2.36. The summed E-state index contributed by atoms with van der Waals surface area (Å²) in [5.41, 5.74) is 1.00. The maximum atomic E-state index is 13.7. The molecule has 200 valence electrons. The molecule has 0 radical (unpaired) electrons. The second-order valence-electron chi connectivity index (χ2n) is 8.85. The minimum Gasteiger partial charge on any atom is -0.466 e. The summed E-state index contributed by atoms with van der Waals surface area (Å²) in [6, 6.07) is 13.7. The monoisotopic (exact) mass is 563 g/mol. The number of carbonyl (C=O) groups is 3. The lowest BCUT2D eigenvalue weighted by molar-refractivity contribution is -0.145. The van der Waals surface area contributed by atoms with Crippen LogP contribution in [0.15, 0.2) is 64.4 Å². The Bertz CT molecular complexity index is 1560. The Hall–Kier alpha value is -4.03. The SMILES string of the molecule is CCOC(=O)C[C@H]1C(=O)NCCN1c1nc2ccccn2c(=O)c1/C=C1/SC(=S)N(Cc2ccccc2)C1=O. The maximum absolute atomic E-state index is 13.7.